The van der Waals surface area contributed by atoms with Gasteiger partial charge < -0.3 is 5.32 Å². The van der Waals surface area contributed by atoms with Gasteiger partial charge in [-0.2, -0.15) is 5.26 Å². The summed E-state index contributed by atoms with van der Waals surface area (Å²) in [6.45, 7) is 4.28. The van der Waals surface area contributed by atoms with Crippen molar-refractivity contribution in [1.82, 2.24) is 0 Å². The van der Waals surface area contributed by atoms with Crippen molar-refractivity contribution in [3.8, 4) is 6.07 Å². The first-order valence-corrected chi connectivity index (χ1v) is 7.34. The Morgan fingerprint density at radius 2 is 2.00 bits per heavy atom. The van der Waals surface area contributed by atoms with Gasteiger partial charge in [-0.3, -0.25) is 4.79 Å². The number of hydrogen-bond acceptors (Lipinski definition) is 3. The number of anilines is 1. The van der Waals surface area contributed by atoms with Gasteiger partial charge in [0.2, 0.25) is 5.91 Å². The third-order valence-corrected chi connectivity index (χ3v) is 3.88. The molecule has 0 aliphatic heterocycles. The molecule has 1 amide bonds. The molecule has 0 aliphatic rings. The van der Waals surface area contributed by atoms with Gasteiger partial charge in [-0.05, 0) is 28.5 Å². The fourth-order valence-electron chi connectivity index (χ4n) is 1.87. The van der Waals surface area contributed by atoms with Crippen molar-refractivity contribution in [2.75, 3.05) is 5.32 Å². The molecule has 0 unspecified atom stereocenters. The maximum Gasteiger partial charge on any atom is 0.229 e. The maximum atomic E-state index is 12.0. The van der Waals surface area contributed by atoms with Crippen LogP contribution in [0.25, 0.3) is 0 Å². The van der Waals surface area contributed by atoms with Crippen molar-refractivity contribution in [3.05, 3.63) is 52.4 Å². The Labute approximate surface area is 122 Å². The van der Waals surface area contributed by atoms with Gasteiger partial charge in [0.25, 0.3) is 0 Å². The van der Waals surface area contributed by atoms with Crippen molar-refractivity contribution in [2.45, 2.75) is 26.2 Å². The highest BCUT2D eigenvalue weighted by molar-refractivity contribution is 7.14. The van der Waals surface area contributed by atoms with Gasteiger partial charge in [0.15, 0.2) is 0 Å². The van der Waals surface area contributed by atoms with E-state index >= 15 is 0 Å². The van der Waals surface area contributed by atoms with E-state index in [-0.39, 0.29) is 5.91 Å². The van der Waals surface area contributed by atoms with Crippen LogP contribution in [0, 0.1) is 11.3 Å². The standard InChI is InChI=1S/C16H16N2OS/c1-11(2)13-5-3-12(4-6-13)9-15(19)18-16-14(10-17)7-8-20-16/h3-8,11H,9H2,1-2H3,(H,18,19). The summed E-state index contributed by atoms with van der Waals surface area (Å²) in [7, 11) is 0. The Hall–Kier alpha value is -2.12. The predicted molar refractivity (Wildman–Crippen MR) is 81.9 cm³/mol. The van der Waals surface area contributed by atoms with Crippen LogP contribution in [-0.4, -0.2) is 5.91 Å². The van der Waals surface area contributed by atoms with E-state index in [2.05, 4.69) is 37.4 Å². The molecule has 1 heterocycles. The molecule has 0 saturated heterocycles. The second-order valence-electron chi connectivity index (χ2n) is 4.90. The smallest absolute Gasteiger partial charge is 0.229 e. The highest BCUT2D eigenvalue weighted by Gasteiger charge is 2.09. The molecule has 0 atom stereocenters. The number of thiophene rings is 1. The Kier molecular flexibility index (Phi) is 4.54. The zero-order valence-corrected chi connectivity index (χ0v) is 12.3. The minimum atomic E-state index is -0.0961. The van der Waals surface area contributed by atoms with Gasteiger partial charge in [-0.1, -0.05) is 38.1 Å². The van der Waals surface area contributed by atoms with Crippen LogP contribution in [0.4, 0.5) is 5.00 Å². The van der Waals surface area contributed by atoms with Gasteiger partial charge in [0.05, 0.1) is 12.0 Å². The number of nitrogens with zero attached hydrogens (tertiary/aromatic N) is 1. The SMILES string of the molecule is CC(C)c1ccc(CC(=O)Nc2sccc2C#N)cc1. The first kappa shape index (κ1) is 14.3. The number of amides is 1. The fourth-order valence-corrected chi connectivity index (χ4v) is 2.62. The van der Waals surface area contributed by atoms with E-state index in [1.54, 1.807) is 11.4 Å². The molecule has 2 aromatic rings. The van der Waals surface area contributed by atoms with E-state index in [1.807, 2.05) is 12.1 Å². The van der Waals surface area contributed by atoms with E-state index in [1.165, 1.54) is 16.9 Å². The first-order valence-electron chi connectivity index (χ1n) is 6.46. The summed E-state index contributed by atoms with van der Waals surface area (Å²) in [5.74, 6) is 0.392. The molecule has 1 N–H and O–H groups in total. The van der Waals surface area contributed by atoms with Gasteiger partial charge in [0.1, 0.15) is 11.1 Å². The lowest BCUT2D eigenvalue weighted by Gasteiger charge is -2.07. The van der Waals surface area contributed by atoms with Crippen molar-refractivity contribution in [3.63, 3.8) is 0 Å². The molecular formula is C16H16N2OS. The largest absolute Gasteiger partial charge is 0.316 e. The lowest BCUT2D eigenvalue weighted by atomic mass is 10.0. The number of benzene rings is 1. The molecule has 0 radical (unpaired) electrons. The molecule has 2 rings (SSSR count). The van der Waals surface area contributed by atoms with Crippen LogP contribution in [0.3, 0.4) is 0 Å². The normalized spacial score (nSPS) is 10.3. The molecule has 0 bridgehead atoms. The highest BCUT2D eigenvalue weighted by atomic mass is 32.1. The quantitative estimate of drug-likeness (QED) is 0.925. The van der Waals surface area contributed by atoms with Crippen molar-refractivity contribution < 1.29 is 4.79 Å². The van der Waals surface area contributed by atoms with Gasteiger partial charge >= 0.3 is 0 Å². The average molecular weight is 284 g/mol. The van der Waals surface area contributed by atoms with Crippen LogP contribution in [-0.2, 0) is 11.2 Å². The summed E-state index contributed by atoms with van der Waals surface area (Å²) in [6.07, 6.45) is 0.321. The first-order chi connectivity index (χ1) is 9.60. The molecule has 4 heteroatoms. The monoisotopic (exact) mass is 284 g/mol. The van der Waals surface area contributed by atoms with Crippen molar-refractivity contribution >= 4 is 22.2 Å². The van der Waals surface area contributed by atoms with Crippen molar-refractivity contribution in [2.24, 2.45) is 0 Å². The Morgan fingerprint density at radius 1 is 1.30 bits per heavy atom. The lowest BCUT2D eigenvalue weighted by Crippen LogP contribution is -2.14. The van der Waals surface area contributed by atoms with Crippen LogP contribution in [0.5, 0.6) is 0 Å². The van der Waals surface area contributed by atoms with Crippen LogP contribution in [0.2, 0.25) is 0 Å². The molecule has 1 aromatic carbocycles. The Morgan fingerprint density at radius 3 is 2.60 bits per heavy atom. The molecular weight excluding hydrogens is 268 g/mol. The minimum absolute atomic E-state index is 0.0961. The summed E-state index contributed by atoms with van der Waals surface area (Å²) in [5, 5.41) is 14.1. The fraction of sp³-hybridized carbons (Fsp3) is 0.250. The Bertz CT molecular complexity index is 635. The van der Waals surface area contributed by atoms with E-state index < -0.39 is 0 Å². The van der Waals surface area contributed by atoms with Crippen molar-refractivity contribution in [1.29, 1.82) is 5.26 Å². The van der Waals surface area contributed by atoms with Gasteiger partial charge in [-0.25, -0.2) is 0 Å². The predicted octanol–water partition coefficient (Wildman–Crippen LogP) is 3.92. The summed E-state index contributed by atoms with van der Waals surface area (Å²) in [5.41, 5.74) is 2.75. The van der Waals surface area contributed by atoms with Crippen LogP contribution < -0.4 is 5.32 Å². The summed E-state index contributed by atoms with van der Waals surface area (Å²) < 4.78 is 0. The van der Waals surface area contributed by atoms with E-state index in [4.69, 9.17) is 5.26 Å². The average Bonchev–Trinajstić information content (AvgIpc) is 2.86. The number of nitriles is 1. The van der Waals surface area contributed by atoms with Crippen LogP contribution in [0.15, 0.2) is 35.7 Å². The molecule has 0 fully saturated rings. The summed E-state index contributed by atoms with van der Waals surface area (Å²) >= 11 is 1.36. The number of carbonyl (C=O) groups excluding carboxylic acids is 1. The zero-order valence-electron chi connectivity index (χ0n) is 11.5. The third kappa shape index (κ3) is 3.46. The Balaban J connectivity index is 2.00. The number of nitrogens with one attached hydrogen (secondary N) is 1. The number of carbonyl (C=O) groups is 1. The molecule has 0 saturated carbocycles. The van der Waals surface area contributed by atoms with E-state index in [0.29, 0.717) is 22.9 Å². The zero-order chi connectivity index (χ0) is 14.5. The van der Waals surface area contributed by atoms with E-state index in [0.717, 1.165) is 5.56 Å². The molecule has 3 nitrogen and oxygen atoms in total. The second kappa shape index (κ2) is 6.36. The number of rotatable bonds is 4. The summed E-state index contributed by atoms with van der Waals surface area (Å²) in [4.78, 5) is 12.0. The molecule has 102 valence electrons. The molecule has 1 aromatic heterocycles. The third-order valence-electron chi connectivity index (χ3n) is 3.05. The van der Waals surface area contributed by atoms with Crippen LogP contribution >= 0.6 is 11.3 Å². The topological polar surface area (TPSA) is 52.9 Å². The highest BCUT2D eigenvalue weighted by Crippen LogP contribution is 2.22. The molecule has 0 spiro atoms. The van der Waals surface area contributed by atoms with E-state index in [9.17, 15) is 4.79 Å². The maximum absolute atomic E-state index is 12.0. The lowest BCUT2D eigenvalue weighted by molar-refractivity contribution is -0.115. The minimum Gasteiger partial charge on any atom is -0.316 e. The molecule has 20 heavy (non-hydrogen) atoms. The second-order valence-corrected chi connectivity index (χ2v) is 5.81. The molecule has 0 aliphatic carbocycles. The van der Waals surface area contributed by atoms with Gasteiger partial charge in [-0.15, -0.1) is 11.3 Å². The van der Waals surface area contributed by atoms with Crippen LogP contribution in [0.1, 0.15) is 36.5 Å². The van der Waals surface area contributed by atoms with Gasteiger partial charge in [0, 0.05) is 0 Å². The summed E-state index contributed by atoms with van der Waals surface area (Å²) in [6, 6.07) is 11.8. The number of hydrogen-bond donors (Lipinski definition) is 1.